The quantitative estimate of drug-likeness (QED) is 0.196. The maximum absolute atomic E-state index is 4.67. The lowest BCUT2D eigenvalue weighted by Crippen LogP contribution is -1.88. The number of rotatable bonds is 5. The van der Waals surface area contributed by atoms with Crippen molar-refractivity contribution in [2.45, 2.75) is 0 Å². The fourth-order valence-electron chi connectivity index (χ4n) is 5.90. The first-order chi connectivity index (χ1) is 21.8. The predicted molar refractivity (Wildman–Crippen MR) is 180 cm³/mol. The summed E-state index contributed by atoms with van der Waals surface area (Å²) in [4.78, 5) is 18.0. The monoisotopic (exact) mass is 562 g/mol. The summed E-state index contributed by atoms with van der Waals surface area (Å²) < 4.78 is 0. The van der Waals surface area contributed by atoms with Crippen molar-refractivity contribution in [1.29, 1.82) is 0 Å². The molecule has 0 fully saturated rings. The van der Waals surface area contributed by atoms with Crippen molar-refractivity contribution >= 4 is 21.8 Å². The van der Waals surface area contributed by atoms with Crippen LogP contribution in [0.2, 0.25) is 0 Å². The van der Waals surface area contributed by atoms with Gasteiger partial charge in [0.1, 0.15) is 0 Å². The maximum atomic E-state index is 4.67. The van der Waals surface area contributed by atoms with Gasteiger partial charge in [-0.25, -0.2) is 0 Å². The molecule has 0 unspecified atom stereocenters. The summed E-state index contributed by atoms with van der Waals surface area (Å²) >= 11 is 0. The first kappa shape index (κ1) is 25.7. The van der Waals surface area contributed by atoms with Crippen molar-refractivity contribution in [3.8, 4) is 55.6 Å². The van der Waals surface area contributed by atoms with Crippen LogP contribution in [0, 0.1) is 0 Å². The van der Waals surface area contributed by atoms with Crippen molar-refractivity contribution in [2.75, 3.05) is 0 Å². The van der Waals surface area contributed by atoms with Gasteiger partial charge in [-0.2, -0.15) is 0 Å². The standard InChI is InChI=1S/C40H26N4/c1-5-32(25-41-18-1)35-22-34(23-36(24-35)33-6-2-19-42-26-33)29-9-7-27(8-10-29)28-11-13-30(14-12-28)37-17-21-44-40-38(37)16-15-31-4-3-20-43-39(31)40/h1-26H. The van der Waals surface area contributed by atoms with E-state index in [2.05, 4.69) is 123 Å². The Morgan fingerprint density at radius 1 is 0.341 bits per heavy atom. The van der Waals surface area contributed by atoms with Crippen molar-refractivity contribution < 1.29 is 0 Å². The molecule has 0 aliphatic heterocycles. The van der Waals surface area contributed by atoms with Crippen LogP contribution < -0.4 is 0 Å². The highest BCUT2D eigenvalue weighted by Gasteiger charge is 2.11. The summed E-state index contributed by atoms with van der Waals surface area (Å²) in [6.07, 6.45) is 11.1. The molecule has 0 saturated carbocycles. The molecule has 0 aliphatic carbocycles. The molecule has 4 aromatic carbocycles. The Hall–Kier alpha value is -6.00. The molecule has 4 heteroatoms. The zero-order valence-corrected chi connectivity index (χ0v) is 23.8. The highest BCUT2D eigenvalue weighted by molar-refractivity contribution is 6.08. The molecule has 0 N–H and O–H groups in total. The van der Waals surface area contributed by atoms with E-state index in [0.29, 0.717) is 0 Å². The van der Waals surface area contributed by atoms with Crippen LogP contribution in [-0.4, -0.2) is 19.9 Å². The van der Waals surface area contributed by atoms with Gasteiger partial charge in [-0.05, 0) is 87.0 Å². The molecule has 0 bridgehead atoms. The van der Waals surface area contributed by atoms with Crippen LogP contribution in [0.25, 0.3) is 77.4 Å². The lowest BCUT2D eigenvalue weighted by atomic mass is 9.93. The van der Waals surface area contributed by atoms with Gasteiger partial charge in [0.2, 0.25) is 0 Å². The Labute approximate surface area is 255 Å². The highest BCUT2D eigenvalue weighted by Crippen LogP contribution is 2.35. The van der Waals surface area contributed by atoms with E-state index >= 15 is 0 Å². The maximum Gasteiger partial charge on any atom is 0.0970 e. The van der Waals surface area contributed by atoms with Crippen molar-refractivity contribution in [3.05, 3.63) is 159 Å². The molecule has 0 saturated heterocycles. The smallest absolute Gasteiger partial charge is 0.0970 e. The topological polar surface area (TPSA) is 51.6 Å². The summed E-state index contributed by atoms with van der Waals surface area (Å²) in [6.45, 7) is 0. The predicted octanol–water partition coefficient (Wildman–Crippen LogP) is 9.91. The van der Waals surface area contributed by atoms with Gasteiger partial charge in [-0.15, -0.1) is 0 Å². The van der Waals surface area contributed by atoms with Crippen molar-refractivity contribution in [1.82, 2.24) is 19.9 Å². The number of hydrogen-bond acceptors (Lipinski definition) is 4. The molecule has 206 valence electrons. The molecule has 8 aromatic rings. The zero-order chi connectivity index (χ0) is 29.3. The van der Waals surface area contributed by atoms with E-state index in [4.69, 9.17) is 0 Å². The minimum Gasteiger partial charge on any atom is -0.264 e. The summed E-state index contributed by atoms with van der Waals surface area (Å²) in [5, 5.41) is 2.20. The van der Waals surface area contributed by atoms with Crippen LogP contribution >= 0.6 is 0 Å². The summed E-state index contributed by atoms with van der Waals surface area (Å²) in [6, 6.07) is 42.8. The molecular formula is C40H26N4. The molecule has 0 atom stereocenters. The van der Waals surface area contributed by atoms with Crippen LogP contribution in [0.3, 0.4) is 0 Å². The molecule has 4 heterocycles. The van der Waals surface area contributed by atoms with Crippen LogP contribution in [0.5, 0.6) is 0 Å². The summed E-state index contributed by atoms with van der Waals surface area (Å²) in [5.74, 6) is 0. The second kappa shape index (κ2) is 11.0. The normalized spacial score (nSPS) is 11.2. The Kier molecular flexibility index (Phi) is 6.43. The molecule has 0 radical (unpaired) electrons. The van der Waals surface area contributed by atoms with Gasteiger partial charge >= 0.3 is 0 Å². The minimum absolute atomic E-state index is 0.930. The minimum atomic E-state index is 0.930. The lowest BCUT2D eigenvalue weighted by molar-refractivity contribution is 1.32. The second-order valence-electron chi connectivity index (χ2n) is 10.8. The summed E-state index contributed by atoms with van der Waals surface area (Å²) in [5.41, 5.74) is 13.3. The molecule has 0 amide bonds. The van der Waals surface area contributed by atoms with Crippen LogP contribution in [0.4, 0.5) is 0 Å². The largest absolute Gasteiger partial charge is 0.264 e. The van der Waals surface area contributed by atoms with Crippen LogP contribution in [-0.2, 0) is 0 Å². The van der Waals surface area contributed by atoms with Crippen LogP contribution in [0.15, 0.2) is 159 Å². The van der Waals surface area contributed by atoms with Crippen molar-refractivity contribution in [2.24, 2.45) is 0 Å². The van der Waals surface area contributed by atoms with Gasteiger partial charge in [0.05, 0.1) is 11.0 Å². The number of benzene rings is 4. The fraction of sp³-hybridized carbons (Fsp3) is 0. The van der Waals surface area contributed by atoms with Gasteiger partial charge in [0.15, 0.2) is 0 Å². The molecule has 4 nitrogen and oxygen atoms in total. The molecule has 4 aromatic heterocycles. The Morgan fingerprint density at radius 3 is 1.45 bits per heavy atom. The third-order valence-corrected chi connectivity index (χ3v) is 8.15. The SMILES string of the molecule is c1cncc(-c2cc(-c3ccc(-c4ccc(-c5ccnc6c5ccc5cccnc56)cc4)cc3)cc(-c3cccnc3)c2)c1. The van der Waals surface area contributed by atoms with Gasteiger partial charge in [0.25, 0.3) is 0 Å². The number of pyridine rings is 4. The second-order valence-corrected chi connectivity index (χ2v) is 10.8. The first-order valence-corrected chi connectivity index (χ1v) is 14.6. The Morgan fingerprint density at radius 2 is 0.864 bits per heavy atom. The van der Waals surface area contributed by atoms with E-state index in [1.807, 2.05) is 43.0 Å². The van der Waals surface area contributed by atoms with E-state index in [9.17, 15) is 0 Å². The van der Waals surface area contributed by atoms with Gasteiger partial charge in [-0.3, -0.25) is 19.9 Å². The molecule has 44 heavy (non-hydrogen) atoms. The van der Waals surface area contributed by atoms with E-state index < -0.39 is 0 Å². The highest BCUT2D eigenvalue weighted by atomic mass is 14.7. The number of fused-ring (bicyclic) bond motifs is 3. The third kappa shape index (κ3) is 4.79. The average Bonchev–Trinajstić information content (AvgIpc) is 3.12. The lowest BCUT2D eigenvalue weighted by Gasteiger charge is -2.12. The van der Waals surface area contributed by atoms with E-state index in [0.717, 1.165) is 66.3 Å². The zero-order valence-electron chi connectivity index (χ0n) is 23.8. The first-order valence-electron chi connectivity index (χ1n) is 14.6. The van der Waals surface area contributed by atoms with Gasteiger partial charge in [-0.1, -0.05) is 78.9 Å². The Bertz CT molecular complexity index is 2190. The molecule has 0 aliphatic rings. The molecular weight excluding hydrogens is 536 g/mol. The van der Waals surface area contributed by atoms with Gasteiger partial charge in [0, 0.05) is 59.1 Å². The third-order valence-electron chi connectivity index (χ3n) is 8.15. The number of hydrogen-bond donors (Lipinski definition) is 0. The average molecular weight is 563 g/mol. The number of nitrogens with zero attached hydrogens (tertiary/aromatic N) is 4. The van der Waals surface area contributed by atoms with Crippen LogP contribution in [0.1, 0.15) is 0 Å². The Balaban J connectivity index is 1.12. The molecule has 8 rings (SSSR count). The van der Waals surface area contributed by atoms with E-state index in [1.165, 1.54) is 11.1 Å². The molecule has 0 spiro atoms. The van der Waals surface area contributed by atoms with E-state index in [1.54, 1.807) is 12.4 Å². The van der Waals surface area contributed by atoms with E-state index in [-0.39, 0.29) is 0 Å². The fourth-order valence-corrected chi connectivity index (χ4v) is 5.90. The number of aromatic nitrogens is 4. The summed E-state index contributed by atoms with van der Waals surface area (Å²) in [7, 11) is 0. The van der Waals surface area contributed by atoms with Crippen molar-refractivity contribution in [3.63, 3.8) is 0 Å². The van der Waals surface area contributed by atoms with Gasteiger partial charge < -0.3 is 0 Å².